The summed E-state index contributed by atoms with van der Waals surface area (Å²) in [6, 6.07) is 7.81. The molecule has 3 amide bonds. The lowest BCUT2D eigenvalue weighted by molar-refractivity contribution is -0.434. The van der Waals surface area contributed by atoms with Gasteiger partial charge in [0.25, 0.3) is 11.8 Å². The Morgan fingerprint density at radius 2 is 1.79 bits per heavy atom. The monoisotopic (exact) mass is 513 g/mol. The maximum Gasteiger partial charge on any atom is 0.455 e. The number of ether oxygens (including phenoxy) is 2. The van der Waals surface area contributed by atoms with Crippen molar-refractivity contribution in [2.75, 3.05) is 25.0 Å². The molecule has 11 heteroatoms. The number of nitrogens with one attached hydrogen (secondary N) is 1. The van der Waals surface area contributed by atoms with E-state index >= 15 is 0 Å². The fourth-order valence-corrected chi connectivity index (χ4v) is 3.74. The molecule has 192 valence electrons. The Balaban J connectivity index is 1.38. The Morgan fingerprint density at radius 1 is 1.00 bits per heavy atom. The molecule has 0 atom stereocenters. The lowest BCUT2D eigenvalue weighted by Crippen LogP contribution is -2.42. The van der Waals surface area contributed by atoms with Crippen molar-refractivity contribution < 1.29 is 28.4 Å². The number of benzene rings is 1. The molecule has 3 aromatic rings. The number of likely N-dealkylation sites (N-methyl/N-ethyl adjacent to an activating group) is 1. The van der Waals surface area contributed by atoms with E-state index in [2.05, 4.69) is 20.3 Å². The minimum absolute atomic E-state index is 0.121. The van der Waals surface area contributed by atoms with Gasteiger partial charge in [-0.15, -0.1) is 0 Å². The topological polar surface area (TPSA) is 127 Å². The molecule has 11 nitrogen and oxygen atoms in total. The molecule has 0 bridgehead atoms. The van der Waals surface area contributed by atoms with Crippen LogP contribution in [-0.4, -0.2) is 68.0 Å². The lowest BCUT2D eigenvalue weighted by atomic mass is 10.2. The third-order valence-corrected chi connectivity index (χ3v) is 5.95. The number of carbonyl (C=O) groups excluding carboxylic acids is 3. The highest BCUT2D eigenvalue weighted by Crippen LogP contribution is 2.29. The van der Waals surface area contributed by atoms with E-state index in [0.717, 1.165) is 19.5 Å². The number of anilines is 1. The summed E-state index contributed by atoms with van der Waals surface area (Å²) >= 11 is 0. The third-order valence-electron chi connectivity index (χ3n) is 5.95. The van der Waals surface area contributed by atoms with Crippen LogP contribution in [0.3, 0.4) is 0 Å². The summed E-state index contributed by atoms with van der Waals surface area (Å²) < 4.78 is 13.3. The van der Waals surface area contributed by atoms with Crippen LogP contribution in [-0.2, 0) is 4.79 Å². The number of carbonyl (C=O) groups is 3. The second kappa shape index (κ2) is 10.6. The summed E-state index contributed by atoms with van der Waals surface area (Å²) in [5.41, 5.74) is 1.25. The average Bonchev–Trinajstić information content (AvgIpc) is 3.23. The number of amides is 3. The van der Waals surface area contributed by atoms with Crippen molar-refractivity contribution in [3.8, 4) is 17.2 Å². The van der Waals surface area contributed by atoms with Gasteiger partial charge in [-0.25, -0.2) is 14.8 Å². The maximum atomic E-state index is 13.0. The molecular formula is C27H25N6O5+. The number of aryl methyl sites for hydroxylation is 1. The molecule has 1 N–H and O–H groups in total. The summed E-state index contributed by atoms with van der Waals surface area (Å²) in [6.07, 6.45) is 8.64. The first-order chi connectivity index (χ1) is 18.4. The largest absolute Gasteiger partial charge is 0.456 e. The van der Waals surface area contributed by atoms with Crippen LogP contribution in [0, 0.1) is 6.92 Å². The van der Waals surface area contributed by atoms with Crippen molar-refractivity contribution in [2.45, 2.75) is 20.3 Å². The van der Waals surface area contributed by atoms with Crippen LogP contribution >= 0.6 is 0 Å². The first-order valence-electron chi connectivity index (χ1n) is 12.1. The van der Waals surface area contributed by atoms with E-state index in [4.69, 9.17) is 9.47 Å². The van der Waals surface area contributed by atoms with Crippen molar-refractivity contribution in [2.24, 2.45) is 0 Å². The first-order valence-corrected chi connectivity index (χ1v) is 12.1. The molecule has 1 aromatic carbocycles. The molecule has 5 rings (SSSR count). The van der Waals surface area contributed by atoms with Crippen molar-refractivity contribution in [1.82, 2.24) is 19.9 Å². The van der Waals surface area contributed by atoms with Gasteiger partial charge in [-0.2, -0.15) is 4.58 Å². The molecule has 0 saturated carbocycles. The van der Waals surface area contributed by atoms with Crippen LogP contribution in [0.4, 0.5) is 5.82 Å². The Kier molecular flexibility index (Phi) is 6.90. The SMILES string of the molecule is CC[N+]1=CC=C(Oc2cc(Oc3ccc(C(=O)N4CCC4)nc3)cc(C(=O)Nc3cnc(C)cn3)c2)C1=O. The molecule has 2 aromatic heterocycles. The van der Waals surface area contributed by atoms with Crippen molar-refractivity contribution in [1.29, 1.82) is 0 Å². The van der Waals surface area contributed by atoms with Gasteiger partial charge in [-0.1, -0.05) is 0 Å². The molecule has 0 radical (unpaired) electrons. The maximum absolute atomic E-state index is 13.0. The smallest absolute Gasteiger partial charge is 0.455 e. The van der Waals surface area contributed by atoms with E-state index in [9.17, 15) is 14.4 Å². The quantitative estimate of drug-likeness (QED) is 0.456. The van der Waals surface area contributed by atoms with Crippen molar-refractivity contribution in [3.05, 3.63) is 77.7 Å². The molecule has 0 aliphatic carbocycles. The van der Waals surface area contributed by atoms with Gasteiger partial charge in [-0.05, 0) is 44.5 Å². The fourth-order valence-electron chi connectivity index (χ4n) is 3.74. The van der Waals surface area contributed by atoms with Gasteiger partial charge in [0.15, 0.2) is 12.0 Å². The van der Waals surface area contributed by atoms with Gasteiger partial charge in [0, 0.05) is 24.7 Å². The Hall–Kier alpha value is -4.93. The minimum atomic E-state index is -0.472. The number of likely N-dealkylation sites (tertiary alicyclic amines) is 1. The van der Waals surface area contributed by atoms with Gasteiger partial charge >= 0.3 is 5.91 Å². The predicted molar refractivity (Wildman–Crippen MR) is 137 cm³/mol. The van der Waals surface area contributed by atoms with E-state index in [-0.39, 0.29) is 40.5 Å². The van der Waals surface area contributed by atoms with E-state index in [1.165, 1.54) is 29.1 Å². The van der Waals surface area contributed by atoms with E-state index in [1.807, 2.05) is 6.92 Å². The normalized spacial score (nSPS) is 14.4. The molecule has 1 fully saturated rings. The third kappa shape index (κ3) is 5.41. The fraction of sp³-hybridized carbons (Fsp3) is 0.222. The van der Waals surface area contributed by atoms with E-state index in [0.29, 0.717) is 23.7 Å². The van der Waals surface area contributed by atoms with Gasteiger partial charge in [0.05, 0.1) is 30.4 Å². The number of hydrogen-bond donors (Lipinski definition) is 1. The summed E-state index contributed by atoms with van der Waals surface area (Å²) in [5, 5.41) is 2.69. The van der Waals surface area contributed by atoms with Crippen LogP contribution < -0.4 is 14.8 Å². The Morgan fingerprint density at radius 3 is 2.39 bits per heavy atom. The zero-order valence-corrected chi connectivity index (χ0v) is 20.9. The van der Waals surface area contributed by atoms with Crippen molar-refractivity contribution >= 4 is 29.8 Å². The predicted octanol–water partition coefficient (Wildman–Crippen LogP) is 2.98. The summed E-state index contributed by atoms with van der Waals surface area (Å²) in [5.74, 6) is 0.383. The zero-order chi connectivity index (χ0) is 26.6. The molecule has 1 saturated heterocycles. The van der Waals surface area contributed by atoms with Gasteiger partial charge < -0.3 is 19.7 Å². The highest BCUT2D eigenvalue weighted by atomic mass is 16.5. The Labute approximate surface area is 218 Å². The highest BCUT2D eigenvalue weighted by molar-refractivity contribution is 6.04. The lowest BCUT2D eigenvalue weighted by Gasteiger charge is -2.30. The minimum Gasteiger partial charge on any atom is -0.456 e. The van der Waals surface area contributed by atoms with Crippen LogP contribution in [0.5, 0.6) is 17.2 Å². The molecular weight excluding hydrogens is 488 g/mol. The number of allylic oxidation sites excluding steroid dienone is 1. The van der Waals surface area contributed by atoms with Crippen LogP contribution in [0.25, 0.3) is 0 Å². The number of nitrogens with zero attached hydrogens (tertiary/aromatic N) is 5. The Bertz CT molecular complexity index is 1460. The summed E-state index contributed by atoms with van der Waals surface area (Å²) in [6.45, 7) is 5.61. The van der Waals surface area contributed by atoms with Gasteiger partial charge in [-0.3, -0.25) is 14.6 Å². The second-order valence-electron chi connectivity index (χ2n) is 8.69. The van der Waals surface area contributed by atoms with Crippen LogP contribution in [0.15, 0.2) is 60.8 Å². The van der Waals surface area contributed by atoms with Crippen LogP contribution in [0.1, 0.15) is 39.9 Å². The van der Waals surface area contributed by atoms with E-state index < -0.39 is 5.91 Å². The number of pyridine rings is 1. The number of rotatable bonds is 8. The highest BCUT2D eigenvalue weighted by Gasteiger charge is 2.29. The first kappa shape index (κ1) is 24.8. The van der Waals surface area contributed by atoms with E-state index in [1.54, 1.807) is 48.5 Å². The molecule has 2 aliphatic rings. The molecule has 2 aliphatic heterocycles. The van der Waals surface area contributed by atoms with Crippen molar-refractivity contribution in [3.63, 3.8) is 0 Å². The number of aromatic nitrogens is 3. The molecule has 0 spiro atoms. The standard InChI is InChI=1S/C27H24N6O5/c1-3-32-10-7-23(27(32)36)38-21-12-18(25(34)31-24-16-28-17(2)14-30-24)11-20(13-21)37-19-5-6-22(29-15-19)26(35)33-8-4-9-33/h5-7,10-16H,3-4,8-9H2,1-2H3/p+1. The summed E-state index contributed by atoms with van der Waals surface area (Å²) in [4.78, 5) is 52.2. The second-order valence-corrected chi connectivity index (χ2v) is 8.69. The van der Waals surface area contributed by atoms with Crippen LogP contribution in [0.2, 0.25) is 0 Å². The average molecular weight is 514 g/mol. The molecule has 4 heterocycles. The number of hydrogen-bond acceptors (Lipinski definition) is 8. The summed E-state index contributed by atoms with van der Waals surface area (Å²) in [7, 11) is 0. The van der Waals surface area contributed by atoms with Gasteiger partial charge in [0.2, 0.25) is 5.76 Å². The zero-order valence-electron chi connectivity index (χ0n) is 20.9. The van der Waals surface area contributed by atoms with Gasteiger partial charge in [0.1, 0.15) is 29.5 Å². The molecule has 0 unspecified atom stereocenters. The molecule has 38 heavy (non-hydrogen) atoms.